The number of morpholine rings is 1. The van der Waals surface area contributed by atoms with Crippen molar-refractivity contribution in [2.75, 3.05) is 26.3 Å². The molecule has 0 atom stereocenters. The first-order valence-electron chi connectivity index (χ1n) is 5.02. The Bertz CT molecular complexity index is 46.6. The Morgan fingerprint density at radius 3 is 1.42 bits per heavy atom. The van der Waals surface area contributed by atoms with E-state index in [0.717, 1.165) is 32.2 Å². The van der Waals surface area contributed by atoms with Gasteiger partial charge in [-0.1, -0.05) is 34.6 Å². The number of hydrogen-bond donors (Lipinski definition) is 1. The Labute approximate surface area is 77.7 Å². The van der Waals surface area contributed by atoms with Crippen LogP contribution in [0.5, 0.6) is 0 Å². The summed E-state index contributed by atoms with van der Waals surface area (Å²) in [6.45, 7) is 14.3. The standard InChI is InChI=1S/C4H9NO.C4H10.C2H6/c1-3-6-4-2-5-1;1-4(2)3;1-2/h5H,1-4H2;4H,1-3H3;1-2H3. The lowest BCUT2D eigenvalue weighted by atomic mass is 10.3. The van der Waals surface area contributed by atoms with Gasteiger partial charge in [-0.2, -0.15) is 0 Å². The Morgan fingerprint density at radius 2 is 1.33 bits per heavy atom. The van der Waals surface area contributed by atoms with Gasteiger partial charge in [0, 0.05) is 13.1 Å². The molecule has 0 aromatic rings. The predicted molar refractivity (Wildman–Crippen MR) is 55.5 cm³/mol. The van der Waals surface area contributed by atoms with Crippen LogP contribution in [-0.2, 0) is 4.74 Å². The van der Waals surface area contributed by atoms with Crippen molar-refractivity contribution in [3.05, 3.63) is 0 Å². The van der Waals surface area contributed by atoms with Crippen LogP contribution < -0.4 is 5.32 Å². The molecular weight excluding hydrogens is 150 g/mol. The fourth-order valence-corrected chi connectivity index (χ4v) is 0.516. The molecule has 2 nitrogen and oxygen atoms in total. The lowest BCUT2D eigenvalue weighted by Crippen LogP contribution is -2.30. The van der Waals surface area contributed by atoms with E-state index in [-0.39, 0.29) is 0 Å². The summed E-state index contributed by atoms with van der Waals surface area (Å²) in [5, 5.41) is 3.16. The van der Waals surface area contributed by atoms with Crippen LogP contribution in [0.15, 0.2) is 0 Å². The molecule has 76 valence electrons. The molecule has 0 bridgehead atoms. The van der Waals surface area contributed by atoms with E-state index in [9.17, 15) is 0 Å². The molecule has 1 aliphatic heterocycles. The second kappa shape index (κ2) is 13.5. The molecule has 1 N–H and O–H groups in total. The van der Waals surface area contributed by atoms with Crippen molar-refractivity contribution in [2.24, 2.45) is 5.92 Å². The van der Waals surface area contributed by atoms with E-state index >= 15 is 0 Å². The Morgan fingerprint density at radius 1 is 1.00 bits per heavy atom. The highest BCUT2D eigenvalue weighted by atomic mass is 16.5. The van der Waals surface area contributed by atoms with Gasteiger partial charge < -0.3 is 10.1 Å². The molecule has 0 unspecified atom stereocenters. The lowest BCUT2D eigenvalue weighted by molar-refractivity contribution is 0.109. The SMILES string of the molecule is C1COCCN1.CC.CC(C)C. The third-order valence-corrected chi connectivity index (χ3v) is 0.846. The van der Waals surface area contributed by atoms with Gasteiger partial charge in [-0.15, -0.1) is 0 Å². The van der Waals surface area contributed by atoms with Crippen molar-refractivity contribution < 1.29 is 4.74 Å². The van der Waals surface area contributed by atoms with Crippen molar-refractivity contribution in [1.29, 1.82) is 0 Å². The highest BCUT2D eigenvalue weighted by molar-refractivity contribution is 4.49. The monoisotopic (exact) mass is 175 g/mol. The van der Waals surface area contributed by atoms with E-state index in [1.54, 1.807) is 0 Å². The van der Waals surface area contributed by atoms with Crippen molar-refractivity contribution >= 4 is 0 Å². The van der Waals surface area contributed by atoms with Crippen molar-refractivity contribution in [2.45, 2.75) is 34.6 Å². The van der Waals surface area contributed by atoms with Crippen molar-refractivity contribution in [3.63, 3.8) is 0 Å². The smallest absolute Gasteiger partial charge is 0.0591 e. The van der Waals surface area contributed by atoms with E-state index in [4.69, 9.17) is 4.74 Å². The molecule has 1 fully saturated rings. The molecule has 1 heterocycles. The van der Waals surface area contributed by atoms with Gasteiger partial charge in [-0.25, -0.2) is 0 Å². The second-order valence-electron chi connectivity index (χ2n) is 3.09. The van der Waals surface area contributed by atoms with Gasteiger partial charge in [0.05, 0.1) is 13.2 Å². The molecule has 2 heteroatoms. The lowest BCUT2D eigenvalue weighted by Gasteiger charge is -2.10. The fraction of sp³-hybridized carbons (Fsp3) is 1.00. The average molecular weight is 175 g/mol. The molecule has 0 saturated carbocycles. The molecule has 12 heavy (non-hydrogen) atoms. The van der Waals surface area contributed by atoms with Crippen molar-refractivity contribution in [3.8, 4) is 0 Å². The van der Waals surface area contributed by atoms with Crippen LogP contribution in [0.2, 0.25) is 0 Å². The Balaban J connectivity index is 0. The molecule has 0 spiro atoms. The largest absolute Gasteiger partial charge is 0.379 e. The minimum Gasteiger partial charge on any atom is -0.379 e. The van der Waals surface area contributed by atoms with Crippen LogP contribution in [0.3, 0.4) is 0 Å². The second-order valence-corrected chi connectivity index (χ2v) is 3.09. The summed E-state index contributed by atoms with van der Waals surface area (Å²) >= 11 is 0. The van der Waals surface area contributed by atoms with E-state index in [1.807, 2.05) is 13.8 Å². The maximum atomic E-state index is 5.01. The zero-order valence-electron chi connectivity index (χ0n) is 9.31. The number of nitrogens with one attached hydrogen (secondary N) is 1. The van der Waals surface area contributed by atoms with E-state index in [2.05, 4.69) is 26.1 Å². The first kappa shape index (κ1) is 14.4. The van der Waals surface area contributed by atoms with E-state index in [0.29, 0.717) is 0 Å². The highest BCUT2D eigenvalue weighted by Crippen LogP contribution is 1.81. The predicted octanol–water partition coefficient (Wildman–Crippen LogP) is 2.29. The Kier molecular flexibility index (Phi) is 16.3. The van der Waals surface area contributed by atoms with Gasteiger partial charge in [0.1, 0.15) is 0 Å². The maximum Gasteiger partial charge on any atom is 0.0591 e. The number of rotatable bonds is 0. The third kappa shape index (κ3) is 22.5. The van der Waals surface area contributed by atoms with Gasteiger partial charge in [0.15, 0.2) is 0 Å². The van der Waals surface area contributed by atoms with Crippen molar-refractivity contribution in [1.82, 2.24) is 5.32 Å². The molecule has 0 amide bonds. The topological polar surface area (TPSA) is 21.3 Å². The normalized spacial score (nSPS) is 15.5. The summed E-state index contributed by atoms with van der Waals surface area (Å²) in [6.07, 6.45) is 0. The molecule has 1 aliphatic rings. The average Bonchev–Trinajstić information content (AvgIpc) is 2.10. The quantitative estimate of drug-likeness (QED) is 0.610. The molecule has 1 rings (SSSR count). The minimum absolute atomic E-state index is 0.833. The van der Waals surface area contributed by atoms with Gasteiger partial charge >= 0.3 is 0 Å². The van der Waals surface area contributed by atoms with Gasteiger partial charge in [-0.3, -0.25) is 0 Å². The van der Waals surface area contributed by atoms with Crippen LogP contribution in [0.1, 0.15) is 34.6 Å². The third-order valence-electron chi connectivity index (χ3n) is 0.846. The minimum atomic E-state index is 0.833. The summed E-state index contributed by atoms with van der Waals surface area (Å²) in [5.74, 6) is 0.833. The van der Waals surface area contributed by atoms with E-state index < -0.39 is 0 Å². The fourth-order valence-electron chi connectivity index (χ4n) is 0.516. The molecule has 0 aromatic heterocycles. The van der Waals surface area contributed by atoms with Crippen LogP contribution in [0, 0.1) is 5.92 Å². The van der Waals surface area contributed by atoms with Crippen LogP contribution in [-0.4, -0.2) is 26.3 Å². The molecular formula is C10H25NO. The number of ether oxygens (including phenoxy) is 1. The number of hydrogen-bond acceptors (Lipinski definition) is 2. The molecule has 1 saturated heterocycles. The summed E-state index contributed by atoms with van der Waals surface area (Å²) in [7, 11) is 0. The summed E-state index contributed by atoms with van der Waals surface area (Å²) < 4.78 is 5.01. The van der Waals surface area contributed by atoms with Gasteiger partial charge in [0.25, 0.3) is 0 Å². The maximum absolute atomic E-state index is 5.01. The van der Waals surface area contributed by atoms with Gasteiger partial charge in [-0.05, 0) is 5.92 Å². The molecule has 0 aliphatic carbocycles. The van der Waals surface area contributed by atoms with Crippen LogP contribution in [0.4, 0.5) is 0 Å². The molecule has 0 radical (unpaired) electrons. The first-order chi connectivity index (χ1) is 5.73. The summed E-state index contributed by atoms with van der Waals surface area (Å²) in [5.41, 5.74) is 0. The van der Waals surface area contributed by atoms with Gasteiger partial charge in [0.2, 0.25) is 0 Å². The molecule has 0 aromatic carbocycles. The first-order valence-corrected chi connectivity index (χ1v) is 5.02. The summed E-state index contributed by atoms with van der Waals surface area (Å²) in [6, 6.07) is 0. The summed E-state index contributed by atoms with van der Waals surface area (Å²) in [4.78, 5) is 0. The Hall–Kier alpha value is -0.0800. The highest BCUT2D eigenvalue weighted by Gasteiger charge is 1.92. The van der Waals surface area contributed by atoms with Crippen LogP contribution in [0.25, 0.3) is 0 Å². The zero-order valence-corrected chi connectivity index (χ0v) is 9.31. The van der Waals surface area contributed by atoms with E-state index in [1.165, 1.54) is 0 Å². The zero-order chi connectivity index (χ0) is 9.82. The van der Waals surface area contributed by atoms with Crippen LogP contribution >= 0.6 is 0 Å².